The molecule has 0 aliphatic rings. The van der Waals surface area contributed by atoms with E-state index in [0.29, 0.717) is 0 Å². The third kappa shape index (κ3) is 1.49. The molecular weight excluding hydrogens is 167 g/mol. The lowest BCUT2D eigenvalue weighted by Crippen LogP contribution is -2.14. The van der Waals surface area contributed by atoms with Crippen molar-refractivity contribution in [3.05, 3.63) is 35.2 Å². The van der Waals surface area contributed by atoms with Crippen molar-refractivity contribution in [3.8, 4) is 0 Å². The number of aromatic nitrogens is 1. The van der Waals surface area contributed by atoms with Crippen molar-refractivity contribution in [2.75, 3.05) is 0 Å². The minimum absolute atomic E-state index is 0.0131. The lowest BCUT2D eigenvalue weighted by molar-refractivity contribution is 0.619. The molecule has 0 atom stereocenters. The summed E-state index contributed by atoms with van der Waals surface area (Å²) >= 11 is 5.44. The van der Waals surface area contributed by atoms with Gasteiger partial charge >= 0.3 is 0 Å². The van der Waals surface area contributed by atoms with Crippen LogP contribution in [0.1, 0.15) is 0 Å². The molecule has 1 N–H and O–H groups in total. The topological polar surface area (TPSA) is 28.8 Å². The largest absolute Gasteiger partial charge is 0.308 e. The van der Waals surface area contributed by atoms with Crippen LogP contribution in [0.15, 0.2) is 18.8 Å². The van der Waals surface area contributed by atoms with Gasteiger partial charge in [0.15, 0.2) is 0 Å². The van der Waals surface area contributed by atoms with E-state index in [1.54, 1.807) is 0 Å². The fourth-order valence-corrected chi connectivity index (χ4v) is 0.828. The SMILES string of the molecule is C=Cn1cc(Cl)c(F)cc1=N. The van der Waals surface area contributed by atoms with Gasteiger partial charge in [-0.3, -0.25) is 5.41 Å². The Labute approximate surface area is 68.1 Å². The molecule has 0 radical (unpaired) electrons. The van der Waals surface area contributed by atoms with Crippen molar-refractivity contribution < 1.29 is 4.39 Å². The zero-order valence-electron chi connectivity index (χ0n) is 5.64. The van der Waals surface area contributed by atoms with Crippen LogP contribution in [-0.2, 0) is 0 Å². The Balaban J connectivity index is 3.44. The van der Waals surface area contributed by atoms with Crippen molar-refractivity contribution in [1.82, 2.24) is 4.57 Å². The molecule has 1 aromatic heterocycles. The Bertz CT molecular complexity index is 343. The van der Waals surface area contributed by atoms with Crippen molar-refractivity contribution in [2.45, 2.75) is 0 Å². The Morgan fingerprint density at radius 3 is 2.91 bits per heavy atom. The van der Waals surface area contributed by atoms with Gasteiger partial charge in [0.1, 0.15) is 11.3 Å². The van der Waals surface area contributed by atoms with Crippen LogP contribution in [-0.4, -0.2) is 4.57 Å². The third-order valence-electron chi connectivity index (χ3n) is 1.22. The molecule has 0 saturated heterocycles. The molecule has 0 bridgehead atoms. The van der Waals surface area contributed by atoms with Crippen LogP contribution >= 0.6 is 11.6 Å². The van der Waals surface area contributed by atoms with Crippen LogP contribution < -0.4 is 5.49 Å². The zero-order valence-corrected chi connectivity index (χ0v) is 6.40. The minimum atomic E-state index is -0.588. The van der Waals surface area contributed by atoms with E-state index in [9.17, 15) is 4.39 Å². The van der Waals surface area contributed by atoms with Crippen LogP contribution in [0.3, 0.4) is 0 Å². The lowest BCUT2D eigenvalue weighted by atomic mass is 10.4. The number of pyridine rings is 1. The highest BCUT2D eigenvalue weighted by Crippen LogP contribution is 2.09. The van der Waals surface area contributed by atoms with Gasteiger partial charge in [0.05, 0.1) is 5.02 Å². The second-order valence-corrected chi connectivity index (χ2v) is 2.35. The fourth-order valence-electron chi connectivity index (χ4n) is 0.668. The Morgan fingerprint density at radius 1 is 1.73 bits per heavy atom. The average molecular weight is 173 g/mol. The van der Waals surface area contributed by atoms with Crippen LogP contribution in [0, 0.1) is 11.2 Å². The Morgan fingerprint density at radius 2 is 2.36 bits per heavy atom. The van der Waals surface area contributed by atoms with E-state index in [1.807, 2.05) is 0 Å². The molecular formula is C7H6ClFN2. The molecule has 0 aliphatic heterocycles. The summed E-state index contributed by atoms with van der Waals surface area (Å²) in [5, 5.41) is 7.19. The molecule has 0 fully saturated rings. The molecule has 0 saturated carbocycles. The molecule has 58 valence electrons. The molecule has 1 aromatic rings. The standard InChI is InChI=1S/C7H6ClFN2/c1-2-11-4-5(8)6(9)3-7(11)10/h2-4,10H,1H2. The molecule has 4 heteroatoms. The highest BCUT2D eigenvalue weighted by atomic mass is 35.5. The van der Waals surface area contributed by atoms with E-state index < -0.39 is 5.82 Å². The fraction of sp³-hybridized carbons (Fsp3) is 0. The minimum Gasteiger partial charge on any atom is -0.308 e. The summed E-state index contributed by atoms with van der Waals surface area (Å²) in [4.78, 5) is 0. The first-order valence-electron chi connectivity index (χ1n) is 2.89. The van der Waals surface area contributed by atoms with Gasteiger partial charge in [0.2, 0.25) is 0 Å². The maximum Gasteiger partial charge on any atom is 0.146 e. The van der Waals surface area contributed by atoms with E-state index in [1.165, 1.54) is 17.0 Å². The first kappa shape index (κ1) is 8.01. The van der Waals surface area contributed by atoms with Gasteiger partial charge in [-0.15, -0.1) is 0 Å². The summed E-state index contributed by atoms with van der Waals surface area (Å²) < 4.78 is 13.9. The van der Waals surface area contributed by atoms with Crippen LogP contribution in [0.4, 0.5) is 4.39 Å². The average Bonchev–Trinajstić information content (AvgIpc) is 1.97. The molecule has 0 unspecified atom stereocenters. The summed E-state index contributed by atoms with van der Waals surface area (Å²) in [7, 11) is 0. The summed E-state index contributed by atoms with van der Waals surface area (Å²) in [5.74, 6) is -0.588. The predicted octanol–water partition coefficient (Wildman–Crippen LogP) is 1.86. The highest BCUT2D eigenvalue weighted by Gasteiger charge is 1.98. The predicted molar refractivity (Wildman–Crippen MR) is 41.6 cm³/mol. The normalized spacial score (nSPS) is 9.64. The van der Waals surface area contributed by atoms with E-state index in [0.717, 1.165) is 6.07 Å². The first-order chi connectivity index (χ1) is 5.15. The summed E-state index contributed by atoms with van der Waals surface area (Å²) in [5.41, 5.74) is 0.0156. The molecule has 1 heterocycles. The van der Waals surface area contributed by atoms with Crippen LogP contribution in [0.25, 0.3) is 6.20 Å². The summed E-state index contributed by atoms with van der Waals surface area (Å²) in [6.07, 6.45) is 2.68. The first-order valence-corrected chi connectivity index (χ1v) is 3.27. The monoisotopic (exact) mass is 172 g/mol. The summed E-state index contributed by atoms with van der Waals surface area (Å²) in [6.45, 7) is 3.42. The maximum atomic E-state index is 12.6. The van der Waals surface area contributed by atoms with Gasteiger partial charge < -0.3 is 4.57 Å². The molecule has 0 aliphatic carbocycles. The van der Waals surface area contributed by atoms with E-state index in [4.69, 9.17) is 17.0 Å². The van der Waals surface area contributed by atoms with Gasteiger partial charge in [0.25, 0.3) is 0 Å². The van der Waals surface area contributed by atoms with Gasteiger partial charge in [-0.25, -0.2) is 4.39 Å². The van der Waals surface area contributed by atoms with Crippen molar-refractivity contribution >= 4 is 17.8 Å². The number of halogens is 2. The van der Waals surface area contributed by atoms with Gasteiger partial charge in [-0.2, -0.15) is 0 Å². The van der Waals surface area contributed by atoms with Crippen LogP contribution in [0.2, 0.25) is 5.02 Å². The molecule has 2 nitrogen and oxygen atoms in total. The highest BCUT2D eigenvalue weighted by molar-refractivity contribution is 6.30. The van der Waals surface area contributed by atoms with Crippen molar-refractivity contribution in [3.63, 3.8) is 0 Å². The number of rotatable bonds is 1. The Kier molecular flexibility index (Phi) is 2.10. The van der Waals surface area contributed by atoms with Gasteiger partial charge in [-0.1, -0.05) is 18.2 Å². The van der Waals surface area contributed by atoms with Crippen molar-refractivity contribution in [2.24, 2.45) is 0 Å². The van der Waals surface area contributed by atoms with Crippen molar-refractivity contribution in [1.29, 1.82) is 5.41 Å². The van der Waals surface area contributed by atoms with E-state index in [-0.39, 0.29) is 10.5 Å². The van der Waals surface area contributed by atoms with Crippen LogP contribution in [0.5, 0.6) is 0 Å². The molecule has 0 aromatic carbocycles. The smallest absolute Gasteiger partial charge is 0.146 e. The van der Waals surface area contributed by atoms with Gasteiger partial charge in [0, 0.05) is 18.5 Å². The second-order valence-electron chi connectivity index (χ2n) is 1.94. The van der Waals surface area contributed by atoms with Gasteiger partial charge in [-0.05, 0) is 0 Å². The summed E-state index contributed by atoms with van der Waals surface area (Å²) in [6, 6.07) is 1.03. The molecule has 0 spiro atoms. The molecule has 1 rings (SSSR count). The maximum absolute atomic E-state index is 12.6. The number of nitrogens with zero attached hydrogens (tertiary/aromatic N) is 1. The van der Waals surface area contributed by atoms with E-state index >= 15 is 0 Å². The molecule has 0 amide bonds. The van der Waals surface area contributed by atoms with E-state index in [2.05, 4.69) is 6.58 Å². The molecule has 11 heavy (non-hydrogen) atoms. The third-order valence-corrected chi connectivity index (χ3v) is 1.50. The Hall–Kier alpha value is -1.09. The quantitative estimate of drug-likeness (QED) is 0.670. The zero-order chi connectivity index (χ0) is 8.43. The second kappa shape index (κ2) is 2.88. The number of nitrogens with one attached hydrogen (secondary N) is 1. The number of hydrogen-bond donors (Lipinski definition) is 1. The lowest BCUT2D eigenvalue weighted by Gasteiger charge is -1.99. The number of hydrogen-bond acceptors (Lipinski definition) is 1.